The lowest BCUT2D eigenvalue weighted by atomic mass is 9.98. The quantitative estimate of drug-likeness (QED) is 0.900. The SMILES string of the molecule is CC(C)(C)c1nc(CC(=O)Nc2[nH]ncc2Br)cs1. The molecule has 2 rings (SSSR count). The Morgan fingerprint density at radius 3 is 2.79 bits per heavy atom. The van der Waals surface area contributed by atoms with E-state index in [9.17, 15) is 4.79 Å². The van der Waals surface area contributed by atoms with Gasteiger partial charge in [-0.3, -0.25) is 9.89 Å². The van der Waals surface area contributed by atoms with Gasteiger partial charge in [0.15, 0.2) is 0 Å². The minimum absolute atomic E-state index is 0.0196. The summed E-state index contributed by atoms with van der Waals surface area (Å²) in [6.07, 6.45) is 1.86. The van der Waals surface area contributed by atoms with Gasteiger partial charge in [0, 0.05) is 10.8 Å². The lowest BCUT2D eigenvalue weighted by molar-refractivity contribution is -0.115. The second-order valence-electron chi connectivity index (χ2n) is 5.21. The predicted octanol–water partition coefficient (Wildman–Crippen LogP) is 3.11. The van der Waals surface area contributed by atoms with Crippen molar-refractivity contribution in [1.82, 2.24) is 15.2 Å². The molecule has 0 bridgehead atoms. The van der Waals surface area contributed by atoms with Crippen LogP contribution in [0, 0.1) is 0 Å². The molecule has 2 aromatic rings. The molecule has 1 amide bonds. The number of carbonyl (C=O) groups excluding carboxylic acids is 1. The summed E-state index contributed by atoms with van der Waals surface area (Å²) in [5.74, 6) is 0.451. The van der Waals surface area contributed by atoms with Crippen molar-refractivity contribution in [2.45, 2.75) is 32.6 Å². The smallest absolute Gasteiger partial charge is 0.231 e. The fraction of sp³-hybridized carbons (Fsp3) is 0.417. The summed E-state index contributed by atoms with van der Waals surface area (Å²) in [4.78, 5) is 16.4. The summed E-state index contributed by atoms with van der Waals surface area (Å²) < 4.78 is 0.731. The normalized spacial score (nSPS) is 11.6. The highest BCUT2D eigenvalue weighted by Crippen LogP contribution is 2.26. The fourth-order valence-corrected chi connectivity index (χ4v) is 2.64. The maximum absolute atomic E-state index is 11.9. The molecule has 0 unspecified atom stereocenters. The maximum Gasteiger partial charge on any atom is 0.231 e. The lowest BCUT2D eigenvalue weighted by Crippen LogP contribution is -2.16. The maximum atomic E-state index is 11.9. The van der Waals surface area contributed by atoms with Crippen molar-refractivity contribution in [3.63, 3.8) is 0 Å². The van der Waals surface area contributed by atoms with Crippen LogP contribution in [-0.2, 0) is 16.6 Å². The molecule has 2 N–H and O–H groups in total. The van der Waals surface area contributed by atoms with Crippen LogP contribution in [0.1, 0.15) is 31.5 Å². The molecule has 0 aliphatic carbocycles. The first-order valence-corrected chi connectivity index (χ1v) is 7.47. The van der Waals surface area contributed by atoms with Crippen LogP contribution in [0.4, 0.5) is 5.82 Å². The lowest BCUT2D eigenvalue weighted by Gasteiger charge is -2.13. The van der Waals surface area contributed by atoms with Gasteiger partial charge in [0.2, 0.25) is 5.91 Å². The van der Waals surface area contributed by atoms with Crippen LogP contribution < -0.4 is 5.32 Å². The highest BCUT2D eigenvalue weighted by Gasteiger charge is 2.19. The number of hydrogen-bond donors (Lipinski definition) is 2. The van der Waals surface area contributed by atoms with Gasteiger partial charge in [0.05, 0.1) is 27.8 Å². The van der Waals surface area contributed by atoms with E-state index < -0.39 is 0 Å². The molecule has 2 aromatic heterocycles. The summed E-state index contributed by atoms with van der Waals surface area (Å²) in [7, 11) is 0. The molecule has 0 radical (unpaired) electrons. The van der Waals surface area contributed by atoms with Crippen LogP contribution in [0.5, 0.6) is 0 Å². The Morgan fingerprint density at radius 1 is 1.53 bits per heavy atom. The number of nitrogens with one attached hydrogen (secondary N) is 2. The zero-order chi connectivity index (χ0) is 14.0. The van der Waals surface area contributed by atoms with Gasteiger partial charge >= 0.3 is 0 Å². The number of H-pyrrole nitrogens is 1. The Bertz CT molecular complexity index is 585. The molecule has 0 atom stereocenters. The number of rotatable bonds is 3. The van der Waals surface area contributed by atoms with Crippen LogP contribution in [0.2, 0.25) is 0 Å². The monoisotopic (exact) mass is 342 g/mol. The molecule has 0 spiro atoms. The number of aromatic nitrogens is 3. The van der Waals surface area contributed by atoms with Crippen molar-refractivity contribution in [2.24, 2.45) is 0 Å². The van der Waals surface area contributed by atoms with Crippen LogP contribution >= 0.6 is 27.3 Å². The van der Waals surface area contributed by atoms with Crippen molar-refractivity contribution < 1.29 is 4.79 Å². The van der Waals surface area contributed by atoms with Crippen molar-refractivity contribution in [1.29, 1.82) is 0 Å². The molecule has 0 saturated heterocycles. The molecule has 0 saturated carbocycles. The van der Waals surface area contributed by atoms with E-state index in [-0.39, 0.29) is 17.7 Å². The summed E-state index contributed by atoms with van der Waals surface area (Å²) in [5.41, 5.74) is 0.814. The van der Waals surface area contributed by atoms with Crippen molar-refractivity contribution in [3.8, 4) is 0 Å². The second-order valence-corrected chi connectivity index (χ2v) is 6.92. The molecule has 0 aliphatic rings. The summed E-state index contributed by atoms with van der Waals surface area (Å²) >= 11 is 4.88. The molecular formula is C12H15BrN4OS. The average molecular weight is 343 g/mol. The van der Waals surface area contributed by atoms with Gasteiger partial charge < -0.3 is 5.32 Å². The number of nitrogens with zero attached hydrogens (tertiary/aromatic N) is 2. The zero-order valence-electron chi connectivity index (χ0n) is 11.0. The third kappa shape index (κ3) is 3.63. The van der Waals surface area contributed by atoms with Crippen LogP contribution in [0.3, 0.4) is 0 Å². The van der Waals surface area contributed by atoms with E-state index in [4.69, 9.17) is 0 Å². The minimum atomic E-state index is -0.115. The van der Waals surface area contributed by atoms with Crippen LogP contribution in [-0.4, -0.2) is 21.1 Å². The van der Waals surface area contributed by atoms with E-state index in [1.165, 1.54) is 0 Å². The number of carbonyl (C=O) groups is 1. The summed E-state index contributed by atoms with van der Waals surface area (Å²) in [5, 5.41) is 12.2. The van der Waals surface area contributed by atoms with Gasteiger partial charge in [-0.05, 0) is 15.9 Å². The molecule has 0 aromatic carbocycles. The van der Waals surface area contributed by atoms with Gasteiger partial charge in [-0.25, -0.2) is 4.98 Å². The molecule has 2 heterocycles. The number of halogens is 1. The van der Waals surface area contributed by atoms with Gasteiger partial charge in [-0.1, -0.05) is 20.8 Å². The average Bonchev–Trinajstić information content (AvgIpc) is 2.88. The number of aromatic amines is 1. The molecule has 0 aliphatic heterocycles. The Kier molecular flexibility index (Phi) is 4.05. The molecule has 5 nitrogen and oxygen atoms in total. The largest absolute Gasteiger partial charge is 0.310 e. The highest BCUT2D eigenvalue weighted by molar-refractivity contribution is 9.10. The fourth-order valence-electron chi connectivity index (χ4n) is 1.44. The third-order valence-corrected chi connectivity index (χ3v) is 4.31. The van der Waals surface area contributed by atoms with Crippen LogP contribution in [0.25, 0.3) is 0 Å². The zero-order valence-corrected chi connectivity index (χ0v) is 13.4. The van der Waals surface area contributed by atoms with Crippen LogP contribution in [0.15, 0.2) is 16.0 Å². The van der Waals surface area contributed by atoms with E-state index >= 15 is 0 Å². The molecular weight excluding hydrogens is 328 g/mol. The van der Waals surface area contributed by atoms with E-state index in [1.54, 1.807) is 17.5 Å². The first-order valence-electron chi connectivity index (χ1n) is 5.80. The highest BCUT2D eigenvalue weighted by atomic mass is 79.9. The summed E-state index contributed by atoms with van der Waals surface area (Å²) in [6.45, 7) is 6.33. The van der Waals surface area contributed by atoms with Gasteiger partial charge in [-0.15, -0.1) is 11.3 Å². The first kappa shape index (κ1) is 14.2. The van der Waals surface area contributed by atoms with Gasteiger partial charge in [0.1, 0.15) is 5.82 Å². The number of amides is 1. The second kappa shape index (κ2) is 5.42. The number of thiazole rings is 1. The molecule has 7 heteroatoms. The Morgan fingerprint density at radius 2 is 2.26 bits per heavy atom. The summed E-state index contributed by atoms with van der Waals surface area (Å²) in [6, 6.07) is 0. The standard InChI is InChI=1S/C12H15BrN4OS/c1-12(2,3)11-15-7(6-19-11)4-9(18)16-10-8(13)5-14-17-10/h5-6H,4H2,1-3H3,(H2,14,16,17,18). The Hall–Kier alpha value is -1.21. The van der Waals surface area contributed by atoms with E-state index in [2.05, 4.69) is 57.2 Å². The first-order chi connectivity index (χ1) is 8.86. The minimum Gasteiger partial charge on any atom is -0.310 e. The topological polar surface area (TPSA) is 70.7 Å². The van der Waals surface area contributed by atoms with Crippen molar-refractivity contribution >= 4 is 39.0 Å². The number of hydrogen-bond acceptors (Lipinski definition) is 4. The van der Waals surface area contributed by atoms with Crippen molar-refractivity contribution in [2.75, 3.05) is 5.32 Å². The molecule has 0 fully saturated rings. The molecule has 19 heavy (non-hydrogen) atoms. The van der Waals surface area contributed by atoms with E-state index in [0.717, 1.165) is 15.2 Å². The van der Waals surface area contributed by atoms with Gasteiger partial charge in [-0.2, -0.15) is 5.10 Å². The third-order valence-electron chi connectivity index (χ3n) is 2.39. The van der Waals surface area contributed by atoms with Crippen molar-refractivity contribution in [3.05, 3.63) is 26.8 Å². The Balaban J connectivity index is 2.00. The van der Waals surface area contributed by atoms with E-state index in [1.807, 2.05) is 5.38 Å². The molecule has 102 valence electrons. The number of anilines is 1. The predicted molar refractivity (Wildman–Crippen MR) is 79.4 cm³/mol. The Labute approximate surface area is 124 Å². The van der Waals surface area contributed by atoms with Gasteiger partial charge in [0.25, 0.3) is 0 Å². The van der Waals surface area contributed by atoms with E-state index in [0.29, 0.717) is 5.82 Å².